The van der Waals surface area contributed by atoms with E-state index in [1.165, 1.54) is 6.21 Å². The molecule has 0 unspecified atom stereocenters. The number of hydrogen-bond donors (Lipinski definition) is 3. The van der Waals surface area contributed by atoms with Gasteiger partial charge in [0.15, 0.2) is 23.2 Å². The summed E-state index contributed by atoms with van der Waals surface area (Å²) < 4.78 is 22.7. The molecule has 3 rings (SSSR count). The zero-order valence-electron chi connectivity index (χ0n) is 21.4. The molecule has 202 valence electrons. The molecule has 1 heterocycles. The SMILES string of the molecule is CCOC(=O)C1=C(C)NC(=S)N[C@@H]1c1ccccc1OCC(=O)NN=Cc1cc(OC)c(OCC)cc1Br. The molecule has 0 radical (unpaired) electrons. The monoisotopic (exact) mass is 604 g/mol. The predicted molar refractivity (Wildman–Crippen MR) is 150 cm³/mol. The lowest BCUT2D eigenvalue weighted by atomic mass is 9.95. The first-order valence-electron chi connectivity index (χ1n) is 11.8. The number of thiocarbonyl (C=S) groups is 1. The van der Waals surface area contributed by atoms with E-state index in [0.717, 1.165) is 4.47 Å². The van der Waals surface area contributed by atoms with Crippen molar-refractivity contribution in [2.24, 2.45) is 5.10 Å². The number of nitrogens with zero attached hydrogens (tertiary/aromatic N) is 1. The van der Waals surface area contributed by atoms with E-state index in [2.05, 4.69) is 37.1 Å². The molecule has 0 aliphatic carbocycles. The minimum absolute atomic E-state index is 0.228. The van der Waals surface area contributed by atoms with Gasteiger partial charge >= 0.3 is 5.97 Å². The molecule has 3 N–H and O–H groups in total. The van der Waals surface area contributed by atoms with E-state index in [-0.39, 0.29) is 13.2 Å². The zero-order valence-corrected chi connectivity index (χ0v) is 23.8. The van der Waals surface area contributed by atoms with Crippen molar-refractivity contribution in [2.45, 2.75) is 26.8 Å². The first-order chi connectivity index (χ1) is 18.3. The van der Waals surface area contributed by atoms with Crippen LogP contribution in [0.25, 0.3) is 0 Å². The van der Waals surface area contributed by atoms with Crippen LogP contribution < -0.4 is 30.3 Å². The Morgan fingerprint density at radius 3 is 2.61 bits per heavy atom. The van der Waals surface area contributed by atoms with Crippen LogP contribution in [0.1, 0.15) is 37.9 Å². The Labute approximate surface area is 234 Å². The fourth-order valence-corrected chi connectivity index (χ4v) is 4.38. The van der Waals surface area contributed by atoms with Crippen LogP contribution in [-0.2, 0) is 14.3 Å². The Bertz CT molecular complexity index is 1270. The number of amides is 1. The van der Waals surface area contributed by atoms with E-state index in [1.807, 2.05) is 6.92 Å². The number of halogens is 1. The fraction of sp³-hybridized carbons (Fsp3) is 0.308. The van der Waals surface area contributed by atoms with Crippen molar-refractivity contribution in [1.82, 2.24) is 16.1 Å². The summed E-state index contributed by atoms with van der Waals surface area (Å²) in [7, 11) is 1.54. The second-order valence-electron chi connectivity index (χ2n) is 7.87. The fourth-order valence-electron chi connectivity index (χ4n) is 3.68. The van der Waals surface area contributed by atoms with Gasteiger partial charge in [-0.3, -0.25) is 4.79 Å². The number of allylic oxidation sites excluding steroid dienone is 1. The number of benzene rings is 2. The predicted octanol–water partition coefficient (Wildman–Crippen LogP) is 3.74. The molecule has 12 heteroatoms. The average molecular weight is 606 g/mol. The molecular formula is C26H29BrN4O6S. The van der Waals surface area contributed by atoms with Gasteiger partial charge in [-0.25, -0.2) is 10.2 Å². The van der Waals surface area contributed by atoms with E-state index in [9.17, 15) is 9.59 Å². The highest BCUT2D eigenvalue weighted by Crippen LogP contribution is 2.34. The molecule has 0 aromatic heterocycles. The number of esters is 1. The maximum Gasteiger partial charge on any atom is 0.338 e. The van der Waals surface area contributed by atoms with Crippen molar-refractivity contribution in [3.05, 3.63) is 63.3 Å². The maximum absolute atomic E-state index is 12.7. The molecule has 2 aromatic carbocycles. The van der Waals surface area contributed by atoms with E-state index < -0.39 is 17.9 Å². The van der Waals surface area contributed by atoms with Crippen LogP contribution in [0.2, 0.25) is 0 Å². The summed E-state index contributed by atoms with van der Waals surface area (Å²) in [5.74, 6) is 0.589. The molecule has 1 aliphatic rings. The zero-order chi connectivity index (χ0) is 27.7. The van der Waals surface area contributed by atoms with Gasteiger partial charge in [-0.15, -0.1) is 0 Å². The van der Waals surface area contributed by atoms with Crippen LogP contribution in [0.4, 0.5) is 0 Å². The lowest BCUT2D eigenvalue weighted by Gasteiger charge is -2.30. The molecule has 1 amide bonds. The summed E-state index contributed by atoms with van der Waals surface area (Å²) in [6, 6.07) is 9.97. The van der Waals surface area contributed by atoms with Crippen molar-refractivity contribution in [3.63, 3.8) is 0 Å². The lowest BCUT2D eigenvalue weighted by Crippen LogP contribution is -2.45. The number of ether oxygens (including phenoxy) is 4. The molecule has 0 saturated carbocycles. The lowest BCUT2D eigenvalue weighted by molar-refractivity contribution is -0.139. The van der Waals surface area contributed by atoms with Gasteiger partial charge in [0, 0.05) is 21.3 Å². The van der Waals surface area contributed by atoms with E-state index in [0.29, 0.717) is 51.4 Å². The molecule has 0 saturated heterocycles. The number of rotatable bonds is 11. The van der Waals surface area contributed by atoms with Crippen LogP contribution in [-0.4, -0.2) is 50.1 Å². The largest absolute Gasteiger partial charge is 0.493 e. The third kappa shape index (κ3) is 7.23. The second-order valence-corrected chi connectivity index (χ2v) is 9.13. The molecule has 38 heavy (non-hydrogen) atoms. The number of carbonyl (C=O) groups is 2. The quantitative estimate of drug-likeness (QED) is 0.152. The van der Waals surface area contributed by atoms with Gasteiger partial charge in [-0.05, 0) is 67.1 Å². The van der Waals surface area contributed by atoms with Crippen LogP contribution in [0.5, 0.6) is 17.2 Å². The number of methoxy groups -OCH3 is 1. The van der Waals surface area contributed by atoms with Gasteiger partial charge < -0.3 is 29.6 Å². The Morgan fingerprint density at radius 2 is 1.89 bits per heavy atom. The maximum atomic E-state index is 12.7. The van der Waals surface area contributed by atoms with Crippen LogP contribution in [0.3, 0.4) is 0 Å². The van der Waals surface area contributed by atoms with Gasteiger partial charge in [0.1, 0.15) is 5.75 Å². The highest BCUT2D eigenvalue weighted by atomic mass is 79.9. The van der Waals surface area contributed by atoms with Gasteiger partial charge in [0.05, 0.1) is 38.2 Å². The first kappa shape index (κ1) is 28.9. The van der Waals surface area contributed by atoms with Crippen molar-refractivity contribution in [1.29, 1.82) is 0 Å². The standard InChI is InChI=1S/C26H29BrN4O6S/c1-5-35-21-12-18(27)16(11-20(21)34-4)13-28-31-22(32)14-37-19-10-8-7-9-17(19)24-23(25(33)36-6-2)15(3)29-26(38)30-24/h7-13,24H,5-6,14H2,1-4H3,(H,31,32)(H2,29,30,38)/t24-/m1/s1. The van der Waals surface area contributed by atoms with E-state index in [4.69, 9.17) is 31.2 Å². The number of para-hydroxylation sites is 1. The second kappa shape index (κ2) is 13.8. The Hall–Kier alpha value is -3.64. The van der Waals surface area contributed by atoms with Crippen molar-refractivity contribution < 1.29 is 28.5 Å². The third-order valence-corrected chi connectivity index (χ3v) is 6.24. The number of hydrazone groups is 1. The molecule has 0 bridgehead atoms. The average Bonchev–Trinajstić information content (AvgIpc) is 2.88. The van der Waals surface area contributed by atoms with Crippen LogP contribution >= 0.6 is 28.1 Å². The number of nitrogens with one attached hydrogen (secondary N) is 3. The molecule has 1 aliphatic heterocycles. The molecule has 2 aromatic rings. The summed E-state index contributed by atoms with van der Waals surface area (Å²) in [5, 5.41) is 10.4. The van der Waals surface area contributed by atoms with E-state index >= 15 is 0 Å². The summed E-state index contributed by atoms with van der Waals surface area (Å²) in [6.45, 7) is 5.78. The van der Waals surface area contributed by atoms with Crippen molar-refractivity contribution >= 4 is 51.4 Å². The Morgan fingerprint density at radius 1 is 1.13 bits per heavy atom. The van der Waals surface area contributed by atoms with Crippen LogP contribution in [0.15, 0.2) is 57.2 Å². The number of hydrogen-bond acceptors (Lipinski definition) is 8. The Balaban J connectivity index is 1.71. The van der Waals surface area contributed by atoms with Crippen molar-refractivity contribution in [2.75, 3.05) is 26.9 Å². The number of carbonyl (C=O) groups excluding carboxylic acids is 2. The highest BCUT2D eigenvalue weighted by Gasteiger charge is 2.32. The summed E-state index contributed by atoms with van der Waals surface area (Å²) in [4.78, 5) is 25.2. The molecular weight excluding hydrogens is 576 g/mol. The molecule has 0 fully saturated rings. The summed E-state index contributed by atoms with van der Waals surface area (Å²) >= 11 is 8.77. The van der Waals surface area contributed by atoms with Gasteiger partial charge in [-0.1, -0.05) is 18.2 Å². The minimum atomic E-state index is -0.618. The van der Waals surface area contributed by atoms with Gasteiger partial charge in [0.2, 0.25) is 0 Å². The van der Waals surface area contributed by atoms with Gasteiger partial charge in [0.25, 0.3) is 5.91 Å². The Kier molecular flexibility index (Phi) is 10.5. The molecule has 1 atom stereocenters. The summed E-state index contributed by atoms with van der Waals surface area (Å²) in [6.07, 6.45) is 1.48. The van der Waals surface area contributed by atoms with Gasteiger partial charge in [-0.2, -0.15) is 5.10 Å². The highest BCUT2D eigenvalue weighted by molar-refractivity contribution is 9.10. The van der Waals surface area contributed by atoms with E-state index in [1.54, 1.807) is 57.4 Å². The topological polar surface area (TPSA) is 120 Å². The van der Waals surface area contributed by atoms with Crippen LogP contribution in [0, 0.1) is 0 Å². The first-order valence-corrected chi connectivity index (χ1v) is 13.0. The van der Waals surface area contributed by atoms with Crippen molar-refractivity contribution in [3.8, 4) is 17.2 Å². The normalized spacial score (nSPS) is 15.0. The molecule has 0 spiro atoms. The smallest absolute Gasteiger partial charge is 0.338 e. The molecule has 10 nitrogen and oxygen atoms in total. The third-order valence-electron chi connectivity index (χ3n) is 5.33. The minimum Gasteiger partial charge on any atom is -0.493 e. The summed E-state index contributed by atoms with van der Waals surface area (Å²) in [5.41, 5.74) is 4.71.